The van der Waals surface area contributed by atoms with Gasteiger partial charge in [-0.15, -0.1) is 0 Å². The Labute approximate surface area is 140 Å². The summed E-state index contributed by atoms with van der Waals surface area (Å²) in [4.78, 5) is 0. The van der Waals surface area contributed by atoms with E-state index < -0.39 is 0 Å². The molecule has 3 aromatic rings. The highest BCUT2D eigenvalue weighted by Crippen LogP contribution is 2.43. The Bertz CT molecular complexity index is 845. The van der Waals surface area contributed by atoms with E-state index in [1.54, 1.807) is 12.1 Å². The van der Waals surface area contributed by atoms with Crippen molar-refractivity contribution in [2.45, 2.75) is 19.2 Å². The lowest BCUT2D eigenvalue weighted by Crippen LogP contribution is -2.20. The average Bonchev–Trinajstić information content (AvgIpc) is 2.95. The van der Waals surface area contributed by atoms with Crippen LogP contribution in [0.3, 0.4) is 0 Å². The van der Waals surface area contributed by atoms with Gasteiger partial charge in [-0.05, 0) is 39.9 Å². The van der Waals surface area contributed by atoms with Gasteiger partial charge in [0.15, 0.2) is 0 Å². The largest absolute Gasteiger partial charge is 0.392 e. The first-order chi connectivity index (χ1) is 11.8. The van der Waals surface area contributed by atoms with Crippen molar-refractivity contribution in [3.8, 4) is 11.1 Å². The summed E-state index contributed by atoms with van der Waals surface area (Å²) < 4.78 is 13.5. The van der Waals surface area contributed by atoms with Crippen LogP contribution >= 0.6 is 0 Å². The molecule has 0 saturated carbocycles. The minimum Gasteiger partial charge on any atom is -0.392 e. The first-order valence-corrected chi connectivity index (χ1v) is 8.07. The van der Waals surface area contributed by atoms with Crippen LogP contribution in [0.4, 0.5) is 4.39 Å². The summed E-state index contributed by atoms with van der Waals surface area (Å²) in [5, 5.41) is 12.8. The van der Waals surface area contributed by atoms with Crippen LogP contribution in [-0.4, -0.2) is 5.11 Å². The van der Waals surface area contributed by atoms with Crippen LogP contribution in [0.15, 0.2) is 66.7 Å². The summed E-state index contributed by atoms with van der Waals surface area (Å²) in [5.41, 5.74) is 6.36. The number of halogens is 1. The quantitative estimate of drug-likeness (QED) is 0.756. The highest BCUT2D eigenvalue weighted by Gasteiger charge is 2.27. The van der Waals surface area contributed by atoms with Crippen molar-refractivity contribution < 1.29 is 9.50 Å². The molecule has 0 aromatic heterocycles. The zero-order valence-electron chi connectivity index (χ0n) is 13.2. The van der Waals surface area contributed by atoms with E-state index in [0.29, 0.717) is 12.1 Å². The highest BCUT2D eigenvalue weighted by molar-refractivity contribution is 5.78. The van der Waals surface area contributed by atoms with Gasteiger partial charge in [0.2, 0.25) is 0 Å². The zero-order chi connectivity index (χ0) is 16.5. The molecule has 24 heavy (non-hydrogen) atoms. The summed E-state index contributed by atoms with van der Waals surface area (Å²) in [7, 11) is 0. The molecule has 3 aromatic carbocycles. The van der Waals surface area contributed by atoms with Crippen molar-refractivity contribution in [2.75, 3.05) is 0 Å². The van der Waals surface area contributed by atoms with Crippen LogP contribution in [0.2, 0.25) is 0 Å². The third-order valence-corrected chi connectivity index (χ3v) is 4.62. The smallest absolute Gasteiger partial charge is 0.128 e. The predicted octanol–water partition coefficient (Wildman–Crippen LogP) is 4.18. The van der Waals surface area contributed by atoms with Gasteiger partial charge in [-0.25, -0.2) is 4.39 Å². The molecule has 4 rings (SSSR count). The van der Waals surface area contributed by atoms with E-state index in [4.69, 9.17) is 0 Å². The molecule has 2 nitrogen and oxygen atoms in total. The number of benzene rings is 3. The lowest BCUT2D eigenvalue weighted by atomic mass is 10.0. The molecule has 0 amide bonds. The molecule has 0 bridgehead atoms. The van der Waals surface area contributed by atoms with Crippen molar-refractivity contribution in [3.05, 3.63) is 94.8 Å². The first kappa shape index (κ1) is 15.1. The van der Waals surface area contributed by atoms with Gasteiger partial charge in [0.25, 0.3) is 0 Å². The van der Waals surface area contributed by atoms with E-state index in [-0.39, 0.29) is 18.5 Å². The maximum absolute atomic E-state index is 13.5. The molecule has 1 aliphatic carbocycles. The Morgan fingerprint density at radius 3 is 2.12 bits per heavy atom. The van der Waals surface area contributed by atoms with Crippen LogP contribution in [0.1, 0.15) is 28.3 Å². The number of hydrogen-bond donors (Lipinski definition) is 2. The number of aliphatic hydroxyl groups is 1. The number of fused-ring (bicyclic) bond motifs is 3. The van der Waals surface area contributed by atoms with Gasteiger partial charge in [0.05, 0.1) is 12.6 Å². The molecule has 0 fully saturated rings. The van der Waals surface area contributed by atoms with Crippen LogP contribution in [0.5, 0.6) is 0 Å². The normalized spacial score (nSPS) is 12.9. The van der Waals surface area contributed by atoms with E-state index in [1.807, 2.05) is 0 Å². The van der Waals surface area contributed by atoms with Gasteiger partial charge in [-0.3, -0.25) is 0 Å². The number of aliphatic hydroxyl groups excluding tert-OH is 1. The molecular formula is C21H18FNO. The SMILES string of the molecule is OCc1cc(CNC2c3ccccc3-c3ccccc32)ccc1F. The third-order valence-electron chi connectivity index (χ3n) is 4.62. The van der Waals surface area contributed by atoms with Gasteiger partial charge in [0.1, 0.15) is 5.82 Å². The fourth-order valence-electron chi connectivity index (χ4n) is 3.45. The topological polar surface area (TPSA) is 32.3 Å². The van der Waals surface area contributed by atoms with Crippen LogP contribution in [0, 0.1) is 5.82 Å². The fraction of sp³-hybridized carbons (Fsp3) is 0.143. The maximum atomic E-state index is 13.5. The van der Waals surface area contributed by atoms with E-state index in [2.05, 4.69) is 53.8 Å². The van der Waals surface area contributed by atoms with Crippen LogP contribution in [0.25, 0.3) is 11.1 Å². The maximum Gasteiger partial charge on any atom is 0.128 e. The minimum atomic E-state index is -0.363. The molecule has 0 radical (unpaired) electrons. The summed E-state index contributed by atoms with van der Waals surface area (Å²) in [6.45, 7) is 0.329. The Morgan fingerprint density at radius 1 is 0.875 bits per heavy atom. The van der Waals surface area contributed by atoms with Crippen molar-refractivity contribution in [3.63, 3.8) is 0 Å². The van der Waals surface area contributed by atoms with Gasteiger partial charge in [-0.1, -0.05) is 54.6 Å². The molecule has 0 heterocycles. The molecule has 3 heteroatoms. The molecular weight excluding hydrogens is 301 g/mol. The van der Waals surface area contributed by atoms with Crippen molar-refractivity contribution >= 4 is 0 Å². The average molecular weight is 319 g/mol. The van der Waals surface area contributed by atoms with Gasteiger partial charge < -0.3 is 10.4 Å². The van der Waals surface area contributed by atoms with E-state index in [0.717, 1.165) is 5.56 Å². The molecule has 0 aliphatic heterocycles. The lowest BCUT2D eigenvalue weighted by molar-refractivity contribution is 0.275. The van der Waals surface area contributed by atoms with Crippen molar-refractivity contribution in [1.82, 2.24) is 5.32 Å². The summed E-state index contributed by atoms with van der Waals surface area (Å²) >= 11 is 0. The molecule has 0 unspecified atom stereocenters. The third kappa shape index (κ3) is 2.52. The Kier molecular flexibility index (Phi) is 3.89. The Balaban J connectivity index is 1.63. The molecule has 2 N–H and O–H groups in total. The van der Waals surface area contributed by atoms with Crippen molar-refractivity contribution in [2.24, 2.45) is 0 Å². The molecule has 0 spiro atoms. The monoisotopic (exact) mass is 319 g/mol. The first-order valence-electron chi connectivity index (χ1n) is 8.07. The summed E-state index contributed by atoms with van der Waals surface area (Å²) in [6.07, 6.45) is 0. The second kappa shape index (κ2) is 6.19. The molecule has 1 aliphatic rings. The van der Waals surface area contributed by atoms with E-state index >= 15 is 0 Å². The lowest BCUT2D eigenvalue weighted by Gasteiger charge is -2.16. The zero-order valence-corrected chi connectivity index (χ0v) is 13.2. The van der Waals surface area contributed by atoms with Crippen LogP contribution < -0.4 is 5.32 Å². The van der Waals surface area contributed by atoms with Crippen molar-refractivity contribution in [1.29, 1.82) is 0 Å². The Morgan fingerprint density at radius 2 is 1.50 bits per heavy atom. The summed E-state index contributed by atoms with van der Waals surface area (Å²) in [5.74, 6) is -0.363. The predicted molar refractivity (Wildman–Crippen MR) is 92.9 cm³/mol. The van der Waals surface area contributed by atoms with Gasteiger partial charge in [0, 0.05) is 12.1 Å². The van der Waals surface area contributed by atoms with Gasteiger partial charge in [-0.2, -0.15) is 0 Å². The standard InChI is InChI=1S/C21H18FNO/c22-20-10-9-14(11-15(20)13-24)12-23-21-18-7-3-1-5-16(18)17-6-2-4-8-19(17)21/h1-11,21,23-24H,12-13H2. The Hall–Kier alpha value is -2.49. The summed E-state index contributed by atoms with van der Waals surface area (Å²) in [6, 6.07) is 21.9. The molecule has 0 atom stereocenters. The second-order valence-corrected chi connectivity index (χ2v) is 6.07. The van der Waals surface area contributed by atoms with E-state index in [9.17, 15) is 9.50 Å². The minimum absolute atomic E-state index is 0.125. The second-order valence-electron chi connectivity index (χ2n) is 6.07. The van der Waals surface area contributed by atoms with Gasteiger partial charge >= 0.3 is 0 Å². The molecule has 120 valence electrons. The molecule has 0 saturated heterocycles. The number of rotatable bonds is 4. The fourth-order valence-corrected chi connectivity index (χ4v) is 3.45. The van der Waals surface area contributed by atoms with Crippen LogP contribution in [-0.2, 0) is 13.2 Å². The number of hydrogen-bond acceptors (Lipinski definition) is 2. The highest BCUT2D eigenvalue weighted by atomic mass is 19.1. The number of nitrogens with one attached hydrogen (secondary N) is 1. The van der Waals surface area contributed by atoms with E-state index in [1.165, 1.54) is 28.3 Å².